The van der Waals surface area contributed by atoms with Crippen molar-refractivity contribution in [3.05, 3.63) is 77.5 Å². The standard InChI is InChI=1S/C20H21N3O2/c1-2-25-18-12-9-16(10-13-18)20(24)21-19-14-17(22-23-19)11-8-15-6-4-3-5-7-15/h3-7,9-10,12-14H,2,8,11H2,1H3,(H2,21,22,23,24). The minimum atomic E-state index is -0.191. The van der Waals surface area contributed by atoms with Crippen molar-refractivity contribution in [3.8, 4) is 5.75 Å². The molecule has 3 aromatic rings. The van der Waals surface area contributed by atoms with Gasteiger partial charge in [0.1, 0.15) is 5.75 Å². The van der Waals surface area contributed by atoms with E-state index in [1.54, 1.807) is 24.3 Å². The van der Waals surface area contributed by atoms with Crippen LogP contribution in [0.4, 0.5) is 5.82 Å². The number of ether oxygens (including phenoxy) is 1. The third-order valence-electron chi connectivity index (χ3n) is 3.83. The molecule has 1 heterocycles. The highest BCUT2D eigenvalue weighted by Gasteiger charge is 2.09. The Morgan fingerprint density at radius 3 is 2.56 bits per heavy atom. The number of rotatable bonds is 7. The molecule has 0 atom stereocenters. The molecule has 0 fully saturated rings. The summed E-state index contributed by atoms with van der Waals surface area (Å²) in [5, 5.41) is 9.94. The van der Waals surface area contributed by atoms with Crippen LogP contribution in [-0.4, -0.2) is 22.7 Å². The van der Waals surface area contributed by atoms with Crippen LogP contribution in [0, 0.1) is 0 Å². The molecule has 1 aromatic heterocycles. The second kappa shape index (κ2) is 8.15. The number of amides is 1. The van der Waals surface area contributed by atoms with Crippen molar-refractivity contribution in [3.63, 3.8) is 0 Å². The molecule has 5 heteroatoms. The maximum atomic E-state index is 12.3. The number of hydrogen-bond acceptors (Lipinski definition) is 3. The lowest BCUT2D eigenvalue weighted by Crippen LogP contribution is -2.12. The Balaban J connectivity index is 1.56. The highest BCUT2D eigenvalue weighted by molar-refractivity contribution is 6.03. The average molecular weight is 335 g/mol. The van der Waals surface area contributed by atoms with Crippen LogP contribution >= 0.6 is 0 Å². The summed E-state index contributed by atoms with van der Waals surface area (Å²) in [7, 11) is 0. The summed E-state index contributed by atoms with van der Waals surface area (Å²) >= 11 is 0. The molecule has 0 aliphatic carbocycles. The van der Waals surface area contributed by atoms with E-state index < -0.39 is 0 Å². The van der Waals surface area contributed by atoms with Crippen molar-refractivity contribution >= 4 is 11.7 Å². The Morgan fingerprint density at radius 1 is 1.08 bits per heavy atom. The fraction of sp³-hybridized carbons (Fsp3) is 0.200. The fourth-order valence-corrected chi connectivity index (χ4v) is 2.54. The normalized spacial score (nSPS) is 10.4. The van der Waals surface area contributed by atoms with Gasteiger partial charge in [0, 0.05) is 17.3 Å². The molecule has 0 spiro atoms. The minimum Gasteiger partial charge on any atom is -0.494 e. The maximum Gasteiger partial charge on any atom is 0.256 e. The number of hydrogen-bond donors (Lipinski definition) is 2. The highest BCUT2D eigenvalue weighted by atomic mass is 16.5. The van der Waals surface area contributed by atoms with E-state index in [4.69, 9.17) is 4.74 Å². The molecular weight excluding hydrogens is 314 g/mol. The van der Waals surface area contributed by atoms with Crippen molar-refractivity contribution in [1.82, 2.24) is 10.2 Å². The molecule has 2 aromatic carbocycles. The summed E-state index contributed by atoms with van der Waals surface area (Å²) in [4.78, 5) is 12.3. The first-order chi connectivity index (χ1) is 12.2. The van der Waals surface area contributed by atoms with E-state index in [0.29, 0.717) is 18.0 Å². The van der Waals surface area contributed by atoms with E-state index >= 15 is 0 Å². The Morgan fingerprint density at radius 2 is 1.84 bits per heavy atom. The first kappa shape index (κ1) is 16.8. The number of aromatic nitrogens is 2. The van der Waals surface area contributed by atoms with Crippen LogP contribution in [0.3, 0.4) is 0 Å². The van der Waals surface area contributed by atoms with Crippen LogP contribution in [0.15, 0.2) is 60.7 Å². The van der Waals surface area contributed by atoms with Gasteiger partial charge in [-0.3, -0.25) is 9.89 Å². The van der Waals surface area contributed by atoms with E-state index in [1.165, 1.54) is 5.56 Å². The van der Waals surface area contributed by atoms with Gasteiger partial charge in [-0.05, 0) is 49.6 Å². The summed E-state index contributed by atoms with van der Waals surface area (Å²) in [5.41, 5.74) is 2.83. The smallest absolute Gasteiger partial charge is 0.256 e. The molecule has 3 rings (SSSR count). The first-order valence-corrected chi connectivity index (χ1v) is 8.37. The lowest BCUT2D eigenvalue weighted by atomic mass is 10.1. The van der Waals surface area contributed by atoms with Crippen molar-refractivity contribution in [2.75, 3.05) is 11.9 Å². The number of aromatic amines is 1. The molecule has 0 saturated heterocycles. The molecule has 128 valence electrons. The van der Waals surface area contributed by atoms with Crippen molar-refractivity contribution in [2.45, 2.75) is 19.8 Å². The van der Waals surface area contributed by atoms with E-state index in [9.17, 15) is 4.79 Å². The van der Waals surface area contributed by atoms with Crippen molar-refractivity contribution in [2.24, 2.45) is 0 Å². The highest BCUT2D eigenvalue weighted by Crippen LogP contribution is 2.14. The van der Waals surface area contributed by atoms with Crippen LogP contribution in [0.2, 0.25) is 0 Å². The SMILES string of the molecule is CCOc1ccc(C(=O)Nc2cc(CCc3ccccc3)[nH]n2)cc1. The number of benzene rings is 2. The number of anilines is 1. The number of H-pyrrole nitrogens is 1. The van der Waals surface area contributed by atoms with Gasteiger partial charge in [0.2, 0.25) is 0 Å². The predicted molar refractivity (Wildman–Crippen MR) is 98.0 cm³/mol. The van der Waals surface area contributed by atoms with Crippen LogP contribution < -0.4 is 10.1 Å². The van der Waals surface area contributed by atoms with Crippen LogP contribution in [0.25, 0.3) is 0 Å². The van der Waals surface area contributed by atoms with E-state index in [-0.39, 0.29) is 5.91 Å². The predicted octanol–water partition coefficient (Wildman–Crippen LogP) is 3.85. The molecule has 1 amide bonds. The molecule has 5 nitrogen and oxygen atoms in total. The zero-order chi connectivity index (χ0) is 17.5. The third kappa shape index (κ3) is 4.70. The van der Waals surface area contributed by atoms with E-state index in [2.05, 4.69) is 27.6 Å². The summed E-state index contributed by atoms with van der Waals surface area (Å²) < 4.78 is 5.38. The second-order valence-corrected chi connectivity index (χ2v) is 5.68. The monoisotopic (exact) mass is 335 g/mol. The number of aryl methyl sites for hydroxylation is 2. The fourth-order valence-electron chi connectivity index (χ4n) is 2.54. The van der Waals surface area contributed by atoms with Gasteiger partial charge in [0.25, 0.3) is 5.91 Å². The molecular formula is C20H21N3O2. The number of nitrogens with one attached hydrogen (secondary N) is 2. The van der Waals surface area contributed by atoms with Gasteiger partial charge in [-0.1, -0.05) is 30.3 Å². The van der Waals surface area contributed by atoms with Gasteiger partial charge in [-0.2, -0.15) is 5.10 Å². The maximum absolute atomic E-state index is 12.3. The average Bonchev–Trinajstić information content (AvgIpc) is 3.09. The molecule has 0 bridgehead atoms. The largest absolute Gasteiger partial charge is 0.494 e. The Hall–Kier alpha value is -3.08. The summed E-state index contributed by atoms with van der Waals surface area (Å²) in [5.74, 6) is 1.09. The first-order valence-electron chi connectivity index (χ1n) is 8.37. The zero-order valence-corrected chi connectivity index (χ0v) is 14.2. The van der Waals surface area contributed by atoms with Gasteiger partial charge in [-0.15, -0.1) is 0 Å². The van der Waals surface area contributed by atoms with Gasteiger partial charge < -0.3 is 10.1 Å². The van der Waals surface area contributed by atoms with E-state index in [1.807, 2.05) is 31.2 Å². The molecule has 25 heavy (non-hydrogen) atoms. The molecule has 0 aliphatic heterocycles. The second-order valence-electron chi connectivity index (χ2n) is 5.68. The summed E-state index contributed by atoms with van der Waals surface area (Å²) in [6.07, 6.45) is 1.77. The van der Waals surface area contributed by atoms with E-state index in [0.717, 1.165) is 24.3 Å². The molecule has 0 saturated carbocycles. The number of nitrogens with zero attached hydrogens (tertiary/aromatic N) is 1. The van der Waals surface area contributed by atoms with Crippen LogP contribution in [0.1, 0.15) is 28.5 Å². The number of carbonyl (C=O) groups is 1. The summed E-state index contributed by atoms with van der Waals surface area (Å²) in [6, 6.07) is 19.2. The Bertz CT molecular complexity index is 810. The molecule has 0 aliphatic rings. The number of carbonyl (C=O) groups excluding carboxylic acids is 1. The van der Waals surface area contributed by atoms with Crippen LogP contribution in [-0.2, 0) is 12.8 Å². The summed E-state index contributed by atoms with van der Waals surface area (Å²) in [6.45, 7) is 2.53. The van der Waals surface area contributed by atoms with Gasteiger partial charge in [0.05, 0.1) is 6.61 Å². The van der Waals surface area contributed by atoms with Gasteiger partial charge in [-0.25, -0.2) is 0 Å². The molecule has 2 N–H and O–H groups in total. The van der Waals surface area contributed by atoms with Gasteiger partial charge >= 0.3 is 0 Å². The lowest BCUT2D eigenvalue weighted by molar-refractivity contribution is 0.102. The lowest BCUT2D eigenvalue weighted by Gasteiger charge is -2.04. The minimum absolute atomic E-state index is 0.191. The van der Waals surface area contributed by atoms with Crippen LogP contribution in [0.5, 0.6) is 5.75 Å². The van der Waals surface area contributed by atoms with Gasteiger partial charge in [0.15, 0.2) is 5.82 Å². The Kier molecular flexibility index (Phi) is 5.46. The third-order valence-corrected chi connectivity index (χ3v) is 3.83. The zero-order valence-electron chi connectivity index (χ0n) is 14.2. The topological polar surface area (TPSA) is 67.0 Å². The molecule has 0 radical (unpaired) electrons. The van der Waals surface area contributed by atoms with Crippen molar-refractivity contribution in [1.29, 1.82) is 0 Å². The Labute approximate surface area is 147 Å². The molecule has 0 unspecified atom stereocenters. The quantitative estimate of drug-likeness (QED) is 0.689. The van der Waals surface area contributed by atoms with Crippen molar-refractivity contribution < 1.29 is 9.53 Å².